The normalized spacial score (nSPS) is 5.54. The molecule has 10 heteroatoms. The average molecular weight is 421 g/mol. The van der Waals surface area contributed by atoms with E-state index in [1.165, 1.54) is 0 Å². The SMILES string of the molecule is NC(=O)[S-].NC(=O)[S-].NC(=O)[S-].[Ir+3]. The third kappa shape index (κ3) is 14100. The second-order valence-corrected chi connectivity index (χ2v) is 2.16. The molecule has 0 aliphatic rings. The van der Waals surface area contributed by atoms with Gasteiger partial charge >= 0.3 is 20.1 Å². The summed E-state index contributed by atoms with van der Waals surface area (Å²) in [6, 6.07) is 0. The van der Waals surface area contributed by atoms with Crippen molar-refractivity contribution in [2.75, 3.05) is 0 Å². The molecule has 0 radical (unpaired) electrons. The number of hydrogen-bond acceptors (Lipinski definition) is 6. The smallest absolute Gasteiger partial charge is 0.719 e. The summed E-state index contributed by atoms with van der Waals surface area (Å²) in [6.07, 6.45) is 0. The Bertz CT molecular complexity index is 127. The summed E-state index contributed by atoms with van der Waals surface area (Å²) in [5.41, 5.74) is 12.9. The molecule has 0 aromatic heterocycles. The number of hydrogen-bond donors (Lipinski definition) is 3. The zero-order chi connectivity index (χ0) is 10.7. The van der Waals surface area contributed by atoms with Crippen LogP contribution in [-0.2, 0) is 58.0 Å². The number of carbonyl (C=O) groups is 3. The van der Waals surface area contributed by atoms with Crippen molar-refractivity contribution < 1.29 is 34.5 Å². The summed E-state index contributed by atoms with van der Waals surface area (Å²) in [7, 11) is 0. The molecular weight excluding hydrogens is 414 g/mol. The first kappa shape index (κ1) is 23.0. The quantitative estimate of drug-likeness (QED) is 0.424. The third-order valence-electron chi connectivity index (χ3n) is 0. The first-order chi connectivity index (χ1) is 5.20. The fourth-order valence-corrected chi connectivity index (χ4v) is 0. The second-order valence-electron chi connectivity index (χ2n) is 0.957. The summed E-state index contributed by atoms with van der Waals surface area (Å²) in [5, 5.41) is -2.25. The van der Waals surface area contributed by atoms with Crippen LogP contribution in [0.2, 0.25) is 0 Å². The van der Waals surface area contributed by atoms with Crippen LogP contribution in [-0.4, -0.2) is 15.7 Å². The van der Waals surface area contributed by atoms with Crippen LogP contribution < -0.4 is 17.2 Å². The van der Waals surface area contributed by atoms with E-state index < -0.39 is 15.7 Å². The summed E-state index contributed by atoms with van der Waals surface area (Å²) in [4.78, 5) is 27.1. The molecule has 0 bridgehead atoms. The molecule has 0 unspecified atom stereocenters. The van der Waals surface area contributed by atoms with Gasteiger partial charge in [0.15, 0.2) is 0 Å². The van der Waals surface area contributed by atoms with E-state index in [1.54, 1.807) is 0 Å². The van der Waals surface area contributed by atoms with Crippen molar-refractivity contribution in [2.45, 2.75) is 0 Å². The van der Waals surface area contributed by atoms with Gasteiger partial charge in [0.1, 0.15) is 0 Å². The van der Waals surface area contributed by atoms with E-state index in [0.717, 1.165) is 0 Å². The molecule has 6 N–H and O–H groups in total. The van der Waals surface area contributed by atoms with Gasteiger partial charge < -0.3 is 69.5 Å². The monoisotopic (exact) mass is 421 g/mol. The molecule has 0 saturated heterocycles. The Labute approximate surface area is 105 Å². The maximum Gasteiger partial charge on any atom is 3.00 e. The van der Waals surface area contributed by atoms with Crippen molar-refractivity contribution in [3.05, 3.63) is 0 Å². The van der Waals surface area contributed by atoms with Crippen LogP contribution in [0.25, 0.3) is 0 Å². The van der Waals surface area contributed by atoms with Crippen LogP contribution in [0.15, 0.2) is 0 Å². The largest absolute Gasteiger partial charge is 3.00 e. The van der Waals surface area contributed by atoms with Crippen LogP contribution in [0, 0.1) is 0 Å². The molecule has 0 rings (SSSR count). The van der Waals surface area contributed by atoms with Crippen molar-refractivity contribution in [2.24, 2.45) is 17.2 Å². The van der Waals surface area contributed by atoms with Crippen molar-refractivity contribution in [1.29, 1.82) is 0 Å². The van der Waals surface area contributed by atoms with Crippen molar-refractivity contribution in [3.8, 4) is 0 Å². The van der Waals surface area contributed by atoms with Gasteiger partial charge in [0, 0.05) is 0 Å². The molecule has 0 atom stereocenters. The van der Waals surface area contributed by atoms with Crippen LogP contribution in [0.5, 0.6) is 0 Å². The molecular formula is C3H6IrN3O3S3. The molecule has 0 heterocycles. The Morgan fingerprint density at radius 3 is 0.692 bits per heavy atom. The summed E-state index contributed by atoms with van der Waals surface area (Å²) in [6.45, 7) is 0. The minimum atomic E-state index is -0.750. The first-order valence-electron chi connectivity index (χ1n) is 2.09. The fourth-order valence-electron chi connectivity index (χ4n) is 0. The van der Waals surface area contributed by atoms with E-state index in [1.807, 2.05) is 0 Å². The van der Waals surface area contributed by atoms with Gasteiger partial charge in [0.25, 0.3) is 0 Å². The maximum atomic E-state index is 9.04. The van der Waals surface area contributed by atoms with Gasteiger partial charge in [-0.2, -0.15) is 0 Å². The standard InChI is InChI=1S/3CH3NOS.Ir/c3*2-1(3)4;/h3*(H3,2,3,4);/q;;;+3/p-3. The number of amides is 3. The van der Waals surface area contributed by atoms with E-state index in [4.69, 9.17) is 14.4 Å². The average Bonchev–Trinajstić information content (AvgIpc) is 1.54. The molecule has 6 nitrogen and oxygen atoms in total. The molecule has 13 heavy (non-hydrogen) atoms. The van der Waals surface area contributed by atoms with Crippen molar-refractivity contribution in [1.82, 2.24) is 0 Å². The number of rotatable bonds is 0. The Kier molecular flexibility index (Phi) is 31.3. The molecule has 3 amide bonds. The third-order valence-corrected chi connectivity index (χ3v) is 0. The van der Waals surface area contributed by atoms with E-state index in [0.29, 0.717) is 0 Å². The van der Waals surface area contributed by atoms with Crippen LogP contribution in [0.1, 0.15) is 0 Å². The number of primary amides is 3. The molecule has 0 aliphatic carbocycles. The molecule has 0 fully saturated rings. The summed E-state index contributed by atoms with van der Waals surface area (Å²) < 4.78 is 0. The zero-order valence-electron chi connectivity index (χ0n) is 6.01. The molecule has 0 aromatic carbocycles. The Balaban J connectivity index is -0.0000000450. The first-order valence-corrected chi connectivity index (χ1v) is 3.32. The van der Waals surface area contributed by atoms with E-state index in [2.05, 4.69) is 55.1 Å². The summed E-state index contributed by atoms with van der Waals surface area (Å²) >= 11 is 11.3. The Morgan fingerprint density at radius 2 is 0.692 bits per heavy atom. The zero-order valence-corrected chi connectivity index (χ0v) is 10.9. The summed E-state index contributed by atoms with van der Waals surface area (Å²) in [5.74, 6) is 0. The van der Waals surface area contributed by atoms with Gasteiger partial charge in [0.2, 0.25) is 0 Å². The molecule has 78 valence electrons. The van der Waals surface area contributed by atoms with E-state index in [9.17, 15) is 0 Å². The van der Waals surface area contributed by atoms with E-state index in [-0.39, 0.29) is 20.1 Å². The predicted molar refractivity (Wildman–Crippen MR) is 50.8 cm³/mol. The fraction of sp³-hybridized carbons (Fsp3) is 0. The Hall–Kier alpha value is -0.281. The molecule has 0 spiro atoms. The van der Waals surface area contributed by atoms with Gasteiger partial charge in [0.05, 0.1) is 15.7 Å². The molecule has 0 aromatic rings. The van der Waals surface area contributed by atoms with Gasteiger partial charge in [-0.25, -0.2) is 0 Å². The Morgan fingerprint density at radius 1 is 0.692 bits per heavy atom. The number of nitrogens with two attached hydrogens (primary N) is 3. The van der Waals surface area contributed by atoms with Crippen LogP contribution in [0.4, 0.5) is 14.4 Å². The van der Waals surface area contributed by atoms with Crippen molar-refractivity contribution in [3.63, 3.8) is 0 Å². The minimum Gasteiger partial charge on any atom is -0.719 e. The van der Waals surface area contributed by atoms with Gasteiger partial charge in [-0.15, -0.1) is 0 Å². The van der Waals surface area contributed by atoms with Crippen LogP contribution >= 0.6 is 0 Å². The predicted octanol–water partition coefficient (Wildman–Crippen LogP) is -1.17. The van der Waals surface area contributed by atoms with E-state index >= 15 is 0 Å². The van der Waals surface area contributed by atoms with Crippen LogP contribution in [0.3, 0.4) is 0 Å². The topological polar surface area (TPSA) is 129 Å². The van der Waals surface area contributed by atoms with Crippen molar-refractivity contribution >= 4 is 53.6 Å². The molecule has 0 aliphatic heterocycles. The second kappa shape index (κ2) is 17.7. The van der Waals surface area contributed by atoms with Gasteiger partial charge in [-0.1, -0.05) is 0 Å². The number of carbonyl (C=O) groups excluding carboxylic acids is 3. The minimum absolute atomic E-state index is 0. The maximum absolute atomic E-state index is 9.04. The van der Waals surface area contributed by atoms with Gasteiger partial charge in [-0.05, 0) is 0 Å². The van der Waals surface area contributed by atoms with Gasteiger partial charge in [-0.3, -0.25) is 0 Å². The molecule has 0 saturated carbocycles.